The average molecular weight is 152 g/mol. The molecular weight excluding hydrogens is 136 g/mol. The Morgan fingerprint density at radius 1 is 1.18 bits per heavy atom. The van der Waals surface area contributed by atoms with Gasteiger partial charge < -0.3 is 5.32 Å². The van der Waals surface area contributed by atoms with Crippen molar-refractivity contribution in [3.63, 3.8) is 0 Å². The quantitative estimate of drug-likeness (QED) is 0.532. The average Bonchev–Trinajstić information content (AvgIpc) is 2.43. The molecule has 2 unspecified atom stereocenters. The fourth-order valence-electron chi connectivity index (χ4n) is 3.52. The molecule has 0 aromatic rings. The van der Waals surface area contributed by atoms with Gasteiger partial charge in [-0.05, 0) is 37.8 Å². The van der Waals surface area contributed by atoms with Crippen LogP contribution in [0.15, 0.2) is 0 Å². The molecular formula is C9H16N2. The van der Waals surface area contributed by atoms with Gasteiger partial charge in [0.05, 0.1) is 0 Å². The maximum atomic E-state index is 3.54. The molecule has 0 aromatic heterocycles. The standard InChI is InChI=1S/C9H16N2/c1-6-9-7-2-10-3-8(9)5-11(6)4-7/h6-10H,2-5H2,1H3/t6-,7-,8+,9?/m0/s1. The second-order valence-corrected chi connectivity index (χ2v) is 4.45. The third-order valence-corrected chi connectivity index (χ3v) is 3.97. The van der Waals surface area contributed by atoms with Gasteiger partial charge in [0.1, 0.15) is 0 Å². The molecule has 3 aliphatic heterocycles. The van der Waals surface area contributed by atoms with Gasteiger partial charge in [0.15, 0.2) is 0 Å². The molecule has 0 aromatic carbocycles. The molecule has 0 saturated carbocycles. The van der Waals surface area contributed by atoms with Crippen LogP contribution < -0.4 is 5.32 Å². The molecule has 3 aliphatic rings. The molecule has 0 spiro atoms. The number of piperidine rings is 2. The van der Waals surface area contributed by atoms with Gasteiger partial charge in [-0.1, -0.05) is 0 Å². The second-order valence-electron chi connectivity index (χ2n) is 4.45. The number of fused-ring (bicyclic) bond motifs is 1. The summed E-state index contributed by atoms with van der Waals surface area (Å²) in [6.45, 7) is 7.71. The molecule has 0 radical (unpaired) electrons. The minimum Gasteiger partial charge on any atom is -0.316 e. The van der Waals surface area contributed by atoms with Gasteiger partial charge in [-0.3, -0.25) is 4.90 Å². The summed E-state index contributed by atoms with van der Waals surface area (Å²) in [5.41, 5.74) is 0. The lowest BCUT2D eigenvalue weighted by Gasteiger charge is -2.35. The van der Waals surface area contributed by atoms with Crippen molar-refractivity contribution in [1.82, 2.24) is 10.2 Å². The molecule has 2 bridgehead atoms. The normalized spacial score (nSPS) is 60.3. The summed E-state index contributed by atoms with van der Waals surface area (Å²) in [6, 6.07) is 0.895. The van der Waals surface area contributed by atoms with Crippen LogP contribution in [0.2, 0.25) is 0 Å². The van der Waals surface area contributed by atoms with Gasteiger partial charge in [-0.2, -0.15) is 0 Å². The molecule has 1 N–H and O–H groups in total. The van der Waals surface area contributed by atoms with Gasteiger partial charge >= 0.3 is 0 Å². The van der Waals surface area contributed by atoms with E-state index in [2.05, 4.69) is 17.1 Å². The number of hydrogen-bond acceptors (Lipinski definition) is 2. The Morgan fingerprint density at radius 2 is 1.82 bits per heavy atom. The largest absolute Gasteiger partial charge is 0.316 e. The Bertz CT molecular complexity index is 166. The Labute approximate surface area is 68.0 Å². The van der Waals surface area contributed by atoms with Crippen molar-refractivity contribution in [3.8, 4) is 0 Å². The van der Waals surface area contributed by atoms with Crippen molar-refractivity contribution in [2.75, 3.05) is 26.2 Å². The van der Waals surface area contributed by atoms with Crippen molar-refractivity contribution in [2.45, 2.75) is 13.0 Å². The van der Waals surface area contributed by atoms with Crippen LogP contribution in [0.4, 0.5) is 0 Å². The fraction of sp³-hybridized carbons (Fsp3) is 1.00. The Morgan fingerprint density at radius 3 is 2.27 bits per heavy atom. The van der Waals surface area contributed by atoms with E-state index in [4.69, 9.17) is 0 Å². The molecule has 2 heteroatoms. The summed E-state index contributed by atoms with van der Waals surface area (Å²) in [4.78, 5) is 2.68. The lowest BCUT2D eigenvalue weighted by Crippen LogP contribution is -2.46. The van der Waals surface area contributed by atoms with E-state index in [1.54, 1.807) is 0 Å². The topological polar surface area (TPSA) is 15.3 Å². The molecule has 0 aliphatic carbocycles. The highest BCUT2D eigenvalue weighted by Crippen LogP contribution is 2.43. The maximum Gasteiger partial charge on any atom is 0.0103 e. The smallest absolute Gasteiger partial charge is 0.0103 e. The molecule has 3 heterocycles. The van der Waals surface area contributed by atoms with Crippen molar-refractivity contribution in [1.29, 1.82) is 0 Å². The second kappa shape index (κ2) is 1.99. The van der Waals surface area contributed by atoms with Crippen molar-refractivity contribution in [3.05, 3.63) is 0 Å². The molecule has 0 amide bonds. The van der Waals surface area contributed by atoms with E-state index >= 15 is 0 Å². The Hall–Kier alpha value is -0.0800. The third-order valence-electron chi connectivity index (χ3n) is 3.97. The summed E-state index contributed by atoms with van der Waals surface area (Å²) in [5, 5.41) is 3.54. The summed E-state index contributed by atoms with van der Waals surface area (Å²) in [7, 11) is 0. The summed E-state index contributed by atoms with van der Waals surface area (Å²) in [6.07, 6.45) is 0. The van der Waals surface area contributed by atoms with E-state index < -0.39 is 0 Å². The van der Waals surface area contributed by atoms with E-state index in [1.807, 2.05) is 0 Å². The van der Waals surface area contributed by atoms with Crippen LogP contribution in [0, 0.1) is 17.8 Å². The monoisotopic (exact) mass is 152 g/mol. The van der Waals surface area contributed by atoms with E-state index in [0.717, 1.165) is 23.8 Å². The van der Waals surface area contributed by atoms with Crippen LogP contribution in [0.1, 0.15) is 6.92 Å². The molecule has 3 rings (SSSR count). The van der Waals surface area contributed by atoms with Gasteiger partial charge in [0.25, 0.3) is 0 Å². The van der Waals surface area contributed by atoms with E-state index in [1.165, 1.54) is 26.2 Å². The number of nitrogens with one attached hydrogen (secondary N) is 1. The van der Waals surface area contributed by atoms with E-state index in [0.29, 0.717) is 0 Å². The first kappa shape index (κ1) is 6.44. The number of nitrogens with zero attached hydrogens (tertiary/aromatic N) is 1. The first-order valence-corrected chi connectivity index (χ1v) is 4.81. The Balaban J connectivity index is 1.93. The van der Waals surface area contributed by atoms with Crippen LogP contribution in [0.25, 0.3) is 0 Å². The maximum absolute atomic E-state index is 3.54. The molecule has 3 saturated heterocycles. The zero-order chi connectivity index (χ0) is 7.42. The van der Waals surface area contributed by atoms with Crippen LogP contribution in [0.3, 0.4) is 0 Å². The van der Waals surface area contributed by atoms with Crippen LogP contribution in [-0.4, -0.2) is 37.1 Å². The van der Waals surface area contributed by atoms with Gasteiger partial charge in [0, 0.05) is 19.1 Å². The molecule has 62 valence electrons. The number of hydrogen-bond donors (Lipinski definition) is 1. The van der Waals surface area contributed by atoms with Crippen molar-refractivity contribution < 1.29 is 0 Å². The van der Waals surface area contributed by atoms with Crippen LogP contribution in [0.5, 0.6) is 0 Å². The zero-order valence-corrected chi connectivity index (χ0v) is 7.09. The fourth-order valence-corrected chi connectivity index (χ4v) is 3.52. The highest BCUT2D eigenvalue weighted by molar-refractivity contribution is 5.04. The first-order chi connectivity index (χ1) is 5.36. The van der Waals surface area contributed by atoms with Crippen molar-refractivity contribution in [2.24, 2.45) is 17.8 Å². The van der Waals surface area contributed by atoms with Crippen LogP contribution in [-0.2, 0) is 0 Å². The lowest BCUT2D eigenvalue weighted by molar-refractivity contribution is 0.180. The summed E-state index contributed by atoms with van der Waals surface area (Å²) >= 11 is 0. The highest BCUT2D eigenvalue weighted by atomic mass is 15.2. The molecule has 5 atom stereocenters. The van der Waals surface area contributed by atoms with Crippen molar-refractivity contribution >= 4 is 0 Å². The summed E-state index contributed by atoms with van der Waals surface area (Å²) < 4.78 is 0. The Kier molecular flexibility index (Phi) is 1.16. The summed E-state index contributed by atoms with van der Waals surface area (Å²) in [5.74, 6) is 3.01. The minimum absolute atomic E-state index is 0.895. The zero-order valence-electron chi connectivity index (χ0n) is 7.09. The highest BCUT2D eigenvalue weighted by Gasteiger charge is 2.51. The van der Waals surface area contributed by atoms with Crippen LogP contribution >= 0.6 is 0 Å². The molecule has 3 fully saturated rings. The predicted octanol–water partition coefficient (Wildman–Crippen LogP) is 0.156. The minimum atomic E-state index is 0.895. The van der Waals surface area contributed by atoms with Gasteiger partial charge in [-0.25, -0.2) is 0 Å². The van der Waals surface area contributed by atoms with E-state index in [9.17, 15) is 0 Å². The first-order valence-electron chi connectivity index (χ1n) is 4.81. The number of rotatable bonds is 0. The molecule has 2 nitrogen and oxygen atoms in total. The predicted molar refractivity (Wildman–Crippen MR) is 44.4 cm³/mol. The SMILES string of the molecule is C[C@H]1C2[C@@H]3CNC[C@H]2CN1C3. The van der Waals surface area contributed by atoms with Gasteiger partial charge in [-0.15, -0.1) is 0 Å². The van der Waals surface area contributed by atoms with Gasteiger partial charge in [0.2, 0.25) is 0 Å². The van der Waals surface area contributed by atoms with E-state index in [-0.39, 0.29) is 0 Å². The third kappa shape index (κ3) is 0.695. The lowest BCUT2D eigenvalue weighted by atomic mass is 9.78. The molecule has 11 heavy (non-hydrogen) atoms.